The van der Waals surface area contributed by atoms with Gasteiger partial charge in [-0.3, -0.25) is 4.79 Å². The zero-order valence-electron chi connectivity index (χ0n) is 9.37. The molecule has 0 bridgehead atoms. The van der Waals surface area contributed by atoms with Crippen molar-refractivity contribution in [1.82, 2.24) is 4.57 Å². The summed E-state index contributed by atoms with van der Waals surface area (Å²) in [6.07, 6.45) is 0.836. The van der Waals surface area contributed by atoms with Crippen LogP contribution in [0.15, 0.2) is 12.1 Å². The zero-order valence-corrected chi connectivity index (χ0v) is 10.1. The Morgan fingerprint density at radius 1 is 1.44 bits per heavy atom. The van der Waals surface area contributed by atoms with Gasteiger partial charge in [0.15, 0.2) is 6.29 Å². The standard InChI is InChI=1S/C12H12ClNO2/c1-7-8(6-15)11-9(13)4-5-10(16-3)12(11)14(7)2/h4-6H,1-3H3. The summed E-state index contributed by atoms with van der Waals surface area (Å²) in [7, 11) is 3.50. The summed E-state index contributed by atoms with van der Waals surface area (Å²) >= 11 is 6.13. The molecule has 3 nitrogen and oxygen atoms in total. The largest absolute Gasteiger partial charge is 0.495 e. The Balaban J connectivity index is 3.03. The molecule has 2 rings (SSSR count). The number of hydrogen-bond donors (Lipinski definition) is 0. The number of aldehydes is 1. The number of aryl methyl sites for hydroxylation is 1. The molecular formula is C12H12ClNO2. The Kier molecular flexibility index (Phi) is 2.64. The molecule has 1 aromatic carbocycles. The fourth-order valence-corrected chi connectivity index (χ4v) is 2.23. The fourth-order valence-electron chi connectivity index (χ4n) is 1.97. The molecule has 0 fully saturated rings. The van der Waals surface area contributed by atoms with Crippen molar-refractivity contribution in [3.63, 3.8) is 0 Å². The molecule has 0 amide bonds. The molecule has 0 radical (unpaired) electrons. The predicted molar refractivity (Wildman–Crippen MR) is 64.6 cm³/mol. The first-order chi connectivity index (χ1) is 7.61. The van der Waals surface area contributed by atoms with Crippen LogP contribution in [0.4, 0.5) is 0 Å². The van der Waals surface area contributed by atoms with Crippen LogP contribution < -0.4 is 4.74 Å². The van der Waals surface area contributed by atoms with Gasteiger partial charge in [-0.15, -0.1) is 0 Å². The highest BCUT2D eigenvalue weighted by Gasteiger charge is 2.17. The molecule has 0 aliphatic carbocycles. The number of benzene rings is 1. The van der Waals surface area contributed by atoms with Crippen molar-refractivity contribution < 1.29 is 9.53 Å². The van der Waals surface area contributed by atoms with E-state index < -0.39 is 0 Å². The molecule has 1 heterocycles. The number of methoxy groups -OCH3 is 1. The van der Waals surface area contributed by atoms with E-state index in [1.807, 2.05) is 18.5 Å². The third-order valence-corrected chi connectivity index (χ3v) is 3.24. The summed E-state index contributed by atoms with van der Waals surface area (Å²) in [5.74, 6) is 0.720. The number of rotatable bonds is 2. The Morgan fingerprint density at radius 2 is 2.12 bits per heavy atom. The summed E-state index contributed by atoms with van der Waals surface area (Å²) in [6, 6.07) is 3.55. The number of fused-ring (bicyclic) bond motifs is 1. The molecule has 0 unspecified atom stereocenters. The van der Waals surface area contributed by atoms with E-state index in [0.29, 0.717) is 10.6 Å². The lowest BCUT2D eigenvalue weighted by Gasteiger charge is -2.05. The molecule has 4 heteroatoms. The third-order valence-electron chi connectivity index (χ3n) is 2.93. The highest BCUT2D eigenvalue weighted by atomic mass is 35.5. The minimum atomic E-state index is 0.571. The van der Waals surface area contributed by atoms with Gasteiger partial charge in [-0.1, -0.05) is 11.6 Å². The van der Waals surface area contributed by atoms with E-state index in [-0.39, 0.29) is 0 Å². The van der Waals surface area contributed by atoms with Crippen LogP contribution >= 0.6 is 11.6 Å². The summed E-state index contributed by atoms with van der Waals surface area (Å²) in [5, 5.41) is 1.33. The molecule has 0 saturated carbocycles. The zero-order chi connectivity index (χ0) is 11.9. The molecule has 0 spiro atoms. The maximum atomic E-state index is 11.1. The van der Waals surface area contributed by atoms with E-state index in [4.69, 9.17) is 16.3 Å². The third kappa shape index (κ3) is 1.32. The van der Waals surface area contributed by atoms with Crippen molar-refractivity contribution in [3.8, 4) is 5.75 Å². The van der Waals surface area contributed by atoms with Gasteiger partial charge in [-0.25, -0.2) is 0 Å². The van der Waals surface area contributed by atoms with Crippen molar-refractivity contribution in [2.45, 2.75) is 6.92 Å². The van der Waals surface area contributed by atoms with Crippen LogP contribution in [0, 0.1) is 6.92 Å². The van der Waals surface area contributed by atoms with Gasteiger partial charge in [-0.05, 0) is 19.1 Å². The molecule has 0 aliphatic rings. The van der Waals surface area contributed by atoms with E-state index in [9.17, 15) is 4.79 Å². The van der Waals surface area contributed by atoms with E-state index in [2.05, 4.69) is 0 Å². The number of ether oxygens (including phenoxy) is 1. The molecule has 0 saturated heterocycles. The highest BCUT2D eigenvalue weighted by Crippen LogP contribution is 2.36. The molecule has 2 aromatic rings. The topological polar surface area (TPSA) is 31.2 Å². The molecule has 0 N–H and O–H groups in total. The molecule has 1 aromatic heterocycles. The van der Waals surface area contributed by atoms with Gasteiger partial charge in [0.1, 0.15) is 5.75 Å². The number of nitrogens with zero attached hydrogens (tertiary/aromatic N) is 1. The first kappa shape index (κ1) is 11.0. The van der Waals surface area contributed by atoms with Crippen LogP contribution in [0.25, 0.3) is 10.9 Å². The van der Waals surface area contributed by atoms with Gasteiger partial charge in [0.25, 0.3) is 0 Å². The Morgan fingerprint density at radius 3 is 2.69 bits per heavy atom. The van der Waals surface area contributed by atoms with Crippen molar-refractivity contribution >= 4 is 28.8 Å². The molecular weight excluding hydrogens is 226 g/mol. The van der Waals surface area contributed by atoms with E-state index >= 15 is 0 Å². The number of aromatic nitrogens is 1. The number of carbonyl (C=O) groups excluding carboxylic acids is 1. The van der Waals surface area contributed by atoms with Crippen molar-refractivity contribution in [3.05, 3.63) is 28.4 Å². The van der Waals surface area contributed by atoms with E-state index in [0.717, 1.165) is 28.6 Å². The SMILES string of the molecule is COc1ccc(Cl)c2c(C=O)c(C)n(C)c12. The second kappa shape index (κ2) is 3.83. The molecule has 0 atom stereocenters. The van der Waals surface area contributed by atoms with Crippen LogP contribution in [-0.2, 0) is 7.05 Å². The van der Waals surface area contributed by atoms with Gasteiger partial charge < -0.3 is 9.30 Å². The first-order valence-corrected chi connectivity index (χ1v) is 5.26. The van der Waals surface area contributed by atoms with Crippen molar-refractivity contribution in [2.75, 3.05) is 7.11 Å². The molecule has 0 aliphatic heterocycles. The van der Waals surface area contributed by atoms with Crippen LogP contribution in [-0.4, -0.2) is 18.0 Å². The summed E-state index contributed by atoms with van der Waals surface area (Å²) in [6.45, 7) is 1.89. The van der Waals surface area contributed by atoms with Crippen LogP contribution in [0.2, 0.25) is 5.02 Å². The van der Waals surface area contributed by atoms with Crippen LogP contribution in [0.3, 0.4) is 0 Å². The number of carbonyl (C=O) groups is 1. The minimum Gasteiger partial charge on any atom is -0.495 e. The van der Waals surface area contributed by atoms with E-state index in [1.165, 1.54) is 0 Å². The molecule has 84 valence electrons. The lowest BCUT2D eigenvalue weighted by Crippen LogP contribution is -1.93. The number of halogens is 1. The second-order valence-corrected chi connectivity index (χ2v) is 4.06. The van der Waals surface area contributed by atoms with Gasteiger partial charge in [-0.2, -0.15) is 0 Å². The first-order valence-electron chi connectivity index (χ1n) is 4.88. The van der Waals surface area contributed by atoms with Crippen molar-refractivity contribution in [2.24, 2.45) is 7.05 Å². The Hall–Kier alpha value is -1.48. The lowest BCUT2D eigenvalue weighted by atomic mass is 10.1. The smallest absolute Gasteiger partial charge is 0.152 e. The van der Waals surface area contributed by atoms with E-state index in [1.54, 1.807) is 19.2 Å². The van der Waals surface area contributed by atoms with Gasteiger partial charge in [0, 0.05) is 23.7 Å². The van der Waals surface area contributed by atoms with Gasteiger partial charge in [0.2, 0.25) is 0 Å². The van der Waals surface area contributed by atoms with Gasteiger partial charge in [0.05, 0.1) is 17.6 Å². The Bertz CT molecular complexity index is 572. The predicted octanol–water partition coefficient (Wildman–Crippen LogP) is 2.96. The fraction of sp³-hybridized carbons (Fsp3) is 0.250. The molecule has 16 heavy (non-hydrogen) atoms. The second-order valence-electron chi connectivity index (χ2n) is 3.65. The average Bonchev–Trinajstić information content (AvgIpc) is 2.54. The van der Waals surface area contributed by atoms with Gasteiger partial charge >= 0.3 is 0 Å². The normalized spacial score (nSPS) is 10.8. The lowest BCUT2D eigenvalue weighted by molar-refractivity contribution is 0.112. The van der Waals surface area contributed by atoms with Crippen LogP contribution in [0.1, 0.15) is 16.1 Å². The summed E-state index contributed by atoms with van der Waals surface area (Å²) in [5.41, 5.74) is 2.37. The summed E-state index contributed by atoms with van der Waals surface area (Å²) < 4.78 is 7.20. The highest BCUT2D eigenvalue weighted by molar-refractivity contribution is 6.36. The maximum Gasteiger partial charge on any atom is 0.152 e. The maximum absolute atomic E-state index is 11.1. The van der Waals surface area contributed by atoms with Crippen LogP contribution in [0.5, 0.6) is 5.75 Å². The minimum absolute atomic E-state index is 0.571. The quantitative estimate of drug-likeness (QED) is 0.752. The monoisotopic (exact) mass is 237 g/mol. The summed E-state index contributed by atoms with van der Waals surface area (Å²) in [4.78, 5) is 11.1. The van der Waals surface area contributed by atoms with Crippen molar-refractivity contribution in [1.29, 1.82) is 0 Å². The number of hydrogen-bond acceptors (Lipinski definition) is 2. The average molecular weight is 238 g/mol. The Labute approximate surface area is 98.6 Å².